The van der Waals surface area contributed by atoms with Crippen molar-refractivity contribution in [3.05, 3.63) is 5.69 Å². The van der Waals surface area contributed by atoms with Crippen LogP contribution in [0.1, 0.15) is 49.5 Å². The zero-order valence-electron chi connectivity index (χ0n) is 12.8. The first kappa shape index (κ1) is 14.8. The van der Waals surface area contributed by atoms with Crippen LogP contribution in [0.15, 0.2) is 0 Å². The molecule has 0 aromatic carbocycles. The van der Waals surface area contributed by atoms with E-state index in [9.17, 15) is 9.59 Å². The minimum absolute atomic E-state index is 0.173. The minimum atomic E-state index is -0.212. The molecule has 0 radical (unpaired) electrons. The Bertz CT molecular complexity index is 547. The molecule has 1 aliphatic carbocycles. The normalized spacial score (nSPS) is 18.1. The second kappa shape index (κ2) is 6.33. The number of aromatic amines is 1. The van der Waals surface area contributed by atoms with Gasteiger partial charge in [0.25, 0.3) is 5.91 Å². The Morgan fingerprint density at radius 2 is 2.00 bits per heavy atom. The van der Waals surface area contributed by atoms with Crippen molar-refractivity contribution in [1.82, 2.24) is 25.2 Å². The van der Waals surface area contributed by atoms with Crippen LogP contribution in [-0.2, 0) is 0 Å². The predicted molar refractivity (Wildman–Crippen MR) is 80.6 cm³/mol. The molecule has 0 bridgehead atoms. The number of urea groups is 1. The fraction of sp³-hybridized carbons (Fsp3) is 0.714. The van der Waals surface area contributed by atoms with Gasteiger partial charge in [0.2, 0.25) is 0 Å². The van der Waals surface area contributed by atoms with E-state index in [1.165, 1.54) is 0 Å². The zero-order valence-corrected chi connectivity index (χ0v) is 12.8. The van der Waals surface area contributed by atoms with E-state index in [0.717, 1.165) is 45.2 Å². The standard InChI is InChI=1S/C14H22N6O2/c1-2-20(10-6-5-7-10)14(22)15-12-11(16-18-17-12)13(21)19-8-3-4-9-19/h10H,2-9H2,1H3,(H2,15,16,17,18,22). The largest absolute Gasteiger partial charge is 0.337 e. The molecule has 120 valence electrons. The van der Waals surface area contributed by atoms with Gasteiger partial charge in [-0.2, -0.15) is 5.21 Å². The minimum Gasteiger partial charge on any atom is -0.337 e. The first-order valence-electron chi connectivity index (χ1n) is 7.98. The second-order valence-electron chi connectivity index (χ2n) is 5.82. The van der Waals surface area contributed by atoms with E-state index < -0.39 is 0 Å². The van der Waals surface area contributed by atoms with Crippen molar-refractivity contribution in [3.8, 4) is 0 Å². The maximum atomic E-state index is 12.4. The Hall–Kier alpha value is -2.12. The lowest BCUT2D eigenvalue weighted by molar-refractivity contribution is 0.0788. The van der Waals surface area contributed by atoms with Crippen molar-refractivity contribution in [2.45, 2.75) is 45.1 Å². The van der Waals surface area contributed by atoms with Crippen LogP contribution in [0.2, 0.25) is 0 Å². The topological polar surface area (TPSA) is 94.2 Å². The van der Waals surface area contributed by atoms with Crippen LogP contribution in [0.4, 0.5) is 10.6 Å². The third-order valence-corrected chi connectivity index (χ3v) is 4.49. The third kappa shape index (κ3) is 2.77. The molecular weight excluding hydrogens is 284 g/mol. The van der Waals surface area contributed by atoms with Crippen LogP contribution in [0.25, 0.3) is 0 Å². The van der Waals surface area contributed by atoms with E-state index in [0.29, 0.717) is 12.6 Å². The van der Waals surface area contributed by atoms with E-state index in [4.69, 9.17) is 0 Å². The van der Waals surface area contributed by atoms with Gasteiger partial charge in [0.05, 0.1) is 0 Å². The summed E-state index contributed by atoms with van der Waals surface area (Å²) in [5.74, 6) is 0.0490. The summed E-state index contributed by atoms with van der Waals surface area (Å²) in [5, 5.41) is 13.0. The quantitative estimate of drug-likeness (QED) is 0.880. The molecule has 1 saturated heterocycles. The van der Waals surface area contributed by atoms with Gasteiger partial charge in [-0.15, -0.1) is 10.2 Å². The Kier molecular flexibility index (Phi) is 4.26. The number of carbonyl (C=O) groups excluding carboxylic acids is 2. The molecular formula is C14H22N6O2. The number of likely N-dealkylation sites (tertiary alicyclic amines) is 1. The van der Waals surface area contributed by atoms with Crippen LogP contribution in [0.3, 0.4) is 0 Å². The summed E-state index contributed by atoms with van der Waals surface area (Å²) in [6, 6.07) is 0.0891. The van der Waals surface area contributed by atoms with E-state index in [2.05, 4.69) is 20.7 Å². The lowest BCUT2D eigenvalue weighted by Gasteiger charge is -2.36. The highest BCUT2D eigenvalue weighted by Crippen LogP contribution is 2.25. The van der Waals surface area contributed by atoms with Gasteiger partial charge in [0, 0.05) is 25.7 Å². The lowest BCUT2D eigenvalue weighted by Crippen LogP contribution is -2.46. The van der Waals surface area contributed by atoms with E-state index in [1.54, 1.807) is 9.80 Å². The Morgan fingerprint density at radius 1 is 1.27 bits per heavy atom. The van der Waals surface area contributed by atoms with Crippen molar-refractivity contribution in [2.75, 3.05) is 25.0 Å². The molecule has 1 aromatic heterocycles. The maximum Gasteiger partial charge on any atom is 0.323 e. The molecule has 8 heteroatoms. The smallest absolute Gasteiger partial charge is 0.323 e. The molecule has 0 atom stereocenters. The summed E-state index contributed by atoms with van der Waals surface area (Å²) in [6.45, 7) is 4.07. The summed E-state index contributed by atoms with van der Waals surface area (Å²) in [6.07, 6.45) is 5.27. The SMILES string of the molecule is CCN(C(=O)Nc1n[nH]nc1C(=O)N1CCCC1)C1CCC1. The monoisotopic (exact) mass is 306 g/mol. The first-order chi connectivity index (χ1) is 10.7. The number of nitrogens with one attached hydrogen (secondary N) is 2. The number of anilines is 1. The highest BCUT2D eigenvalue weighted by Gasteiger charge is 2.30. The molecule has 3 rings (SSSR count). The van der Waals surface area contributed by atoms with Crippen molar-refractivity contribution < 1.29 is 9.59 Å². The summed E-state index contributed by atoms with van der Waals surface area (Å²) in [7, 11) is 0. The lowest BCUT2D eigenvalue weighted by atomic mass is 9.92. The van der Waals surface area contributed by atoms with Crippen LogP contribution in [0, 0.1) is 0 Å². The van der Waals surface area contributed by atoms with Crippen LogP contribution in [0.5, 0.6) is 0 Å². The number of carbonyl (C=O) groups is 2. The van der Waals surface area contributed by atoms with Gasteiger partial charge in [-0.25, -0.2) is 4.79 Å². The molecule has 2 aliphatic rings. The van der Waals surface area contributed by atoms with Crippen LogP contribution >= 0.6 is 0 Å². The van der Waals surface area contributed by atoms with Crippen LogP contribution < -0.4 is 5.32 Å². The molecule has 1 aliphatic heterocycles. The average molecular weight is 306 g/mol. The molecule has 2 N–H and O–H groups in total. The molecule has 1 aromatic rings. The maximum absolute atomic E-state index is 12.4. The zero-order chi connectivity index (χ0) is 15.5. The van der Waals surface area contributed by atoms with Crippen LogP contribution in [-0.4, -0.2) is 62.8 Å². The number of nitrogens with zero attached hydrogens (tertiary/aromatic N) is 4. The van der Waals surface area contributed by atoms with Crippen molar-refractivity contribution in [2.24, 2.45) is 0 Å². The van der Waals surface area contributed by atoms with Gasteiger partial charge in [0.15, 0.2) is 11.5 Å². The molecule has 2 heterocycles. The van der Waals surface area contributed by atoms with Gasteiger partial charge in [-0.3, -0.25) is 10.1 Å². The fourth-order valence-electron chi connectivity index (χ4n) is 2.98. The number of amides is 3. The van der Waals surface area contributed by atoms with Gasteiger partial charge in [0.1, 0.15) is 0 Å². The molecule has 8 nitrogen and oxygen atoms in total. The molecule has 0 spiro atoms. The molecule has 2 fully saturated rings. The van der Waals surface area contributed by atoms with Crippen molar-refractivity contribution in [3.63, 3.8) is 0 Å². The van der Waals surface area contributed by atoms with E-state index in [-0.39, 0.29) is 23.5 Å². The number of rotatable bonds is 4. The number of aromatic nitrogens is 3. The second-order valence-corrected chi connectivity index (χ2v) is 5.82. The first-order valence-corrected chi connectivity index (χ1v) is 7.98. The van der Waals surface area contributed by atoms with Gasteiger partial charge >= 0.3 is 6.03 Å². The molecule has 3 amide bonds. The summed E-state index contributed by atoms with van der Waals surface area (Å²) in [4.78, 5) is 28.3. The third-order valence-electron chi connectivity index (χ3n) is 4.49. The molecule has 22 heavy (non-hydrogen) atoms. The van der Waals surface area contributed by atoms with E-state index >= 15 is 0 Å². The Balaban J connectivity index is 1.68. The average Bonchev–Trinajstić information content (AvgIpc) is 3.12. The highest BCUT2D eigenvalue weighted by molar-refractivity contribution is 6.00. The van der Waals surface area contributed by atoms with Crippen molar-refractivity contribution >= 4 is 17.8 Å². The Labute approximate surface area is 129 Å². The van der Waals surface area contributed by atoms with Gasteiger partial charge < -0.3 is 9.80 Å². The van der Waals surface area contributed by atoms with Gasteiger partial charge in [-0.05, 0) is 39.0 Å². The number of H-pyrrole nitrogens is 1. The summed E-state index contributed by atoms with van der Waals surface area (Å²) < 4.78 is 0. The predicted octanol–water partition coefficient (Wildman–Crippen LogP) is 1.45. The number of hydrogen-bond acceptors (Lipinski definition) is 4. The molecule has 0 unspecified atom stereocenters. The summed E-state index contributed by atoms with van der Waals surface area (Å²) >= 11 is 0. The van der Waals surface area contributed by atoms with Crippen molar-refractivity contribution in [1.29, 1.82) is 0 Å². The fourth-order valence-corrected chi connectivity index (χ4v) is 2.98. The summed E-state index contributed by atoms with van der Waals surface area (Å²) in [5.41, 5.74) is 0.194. The van der Waals surface area contributed by atoms with Gasteiger partial charge in [-0.1, -0.05) is 0 Å². The molecule has 1 saturated carbocycles. The van der Waals surface area contributed by atoms with E-state index in [1.807, 2.05) is 6.92 Å². The highest BCUT2D eigenvalue weighted by atomic mass is 16.2. The number of hydrogen-bond donors (Lipinski definition) is 2. The Morgan fingerprint density at radius 3 is 2.59 bits per heavy atom.